The van der Waals surface area contributed by atoms with E-state index in [4.69, 9.17) is 5.26 Å². The molecule has 0 saturated carbocycles. The molecular weight excluding hydrogens is 235 g/mol. The molecule has 0 aliphatic rings. The molecule has 0 fully saturated rings. The van der Waals surface area contributed by atoms with Crippen LogP contribution in [0.25, 0.3) is 0 Å². The number of hydrogen-bond acceptors (Lipinski definition) is 3. The number of anilines is 1. The lowest BCUT2D eigenvalue weighted by atomic mass is 10.2. The van der Waals surface area contributed by atoms with E-state index in [1.807, 2.05) is 19.1 Å². The molecule has 4 heteroatoms. The molecule has 2 aromatic rings. The molecule has 1 aromatic heterocycles. The van der Waals surface area contributed by atoms with Crippen molar-refractivity contribution in [3.8, 4) is 6.07 Å². The Morgan fingerprint density at radius 1 is 1.35 bits per heavy atom. The van der Waals surface area contributed by atoms with Gasteiger partial charge in [-0.15, -0.1) is 11.3 Å². The van der Waals surface area contributed by atoms with E-state index in [1.165, 1.54) is 21.9 Å². The van der Waals surface area contributed by atoms with E-state index in [9.17, 15) is 4.39 Å². The third kappa shape index (κ3) is 2.83. The van der Waals surface area contributed by atoms with Crippen LogP contribution in [0.5, 0.6) is 0 Å². The molecule has 86 valence electrons. The first-order valence-corrected chi connectivity index (χ1v) is 5.99. The molecule has 0 bridgehead atoms. The van der Waals surface area contributed by atoms with Gasteiger partial charge in [0.15, 0.2) is 0 Å². The molecular formula is C13H11FN2S. The van der Waals surface area contributed by atoms with Gasteiger partial charge in [0.05, 0.1) is 11.3 Å². The Kier molecular flexibility index (Phi) is 3.40. The molecule has 2 rings (SSSR count). The Hall–Kier alpha value is -1.86. The van der Waals surface area contributed by atoms with E-state index < -0.39 is 0 Å². The van der Waals surface area contributed by atoms with Crippen LogP contribution in [0.4, 0.5) is 10.1 Å². The van der Waals surface area contributed by atoms with Crippen molar-refractivity contribution in [2.24, 2.45) is 0 Å². The molecule has 0 atom stereocenters. The van der Waals surface area contributed by atoms with E-state index in [0.29, 0.717) is 17.8 Å². The van der Waals surface area contributed by atoms with Gasteiger partial charge < -0.3 is 5.32 Å². The van der Waals surface area contributed by atoms with Crippen LogP contribution in [-0.2, 0) is 6.54 Å². The predicted octanol–water partition coefficient (Wildman–Crippen LogP) is 3.68. The average molecular weight is 246 g/mol. The van der Waals surface area contributed by atoms with E-state index in [2.05, 4.69) is 11.4 Å². The molecule has 17 heavy (non-hydrogen) atoms. The van der Waals surface area contributed by atoms with Crippen LogP contribution in [-0.4, -0.2) is 0 Å². The smallest absolute Gasteiger partial charge is 0.124 e. The quantitative estimate of drug-likeness (QED) is 0.896. The predicted molar refractivity (Wildman–Crippen MR) is 67.5 cm³/mol. The standard InChI is InChI=1S/C13H11FN2S/c1-9-2-4-12(17-9)8-16-13-5-3-11(14)6-10(13)7-15/h2-6,16H,8H2,1H3. The van der Waals surface area contributed by atoms with E-state index >= 15 is 0 Å². The van der Waals surface area contributed by atoms with Gasteiger partial charge in [-0.25, -0.2) is 4.39 Å². The van der Waals surface area contributed by atoms with Gasteiger partial charge in [-0.3, -0.25) is 0 Å². The van der Waals surface area contributed by atoms with Crippen molar-refractivity contribution < 1.29 is 4.39 Å². The molecule has 0 aliphatic carbocycles. The van der Waals surface area contributed by atoms with Gasteiger partial charge >= 0.3 is 0 Å². The highest BCUT2D eigenvalue weighted by Gasteiger charge is 2.04. The lowest BCUT2D eigenvalue weighted by Crippen LogP contribution is -1.99. The number of nitriles is 1. The van der Waals surface area contributed by atoms with Crippen molar-refractivity contribution in [1.82, 2.24) is 0 Å². The summed E-state index contributed by atoms with van der Waals surface area (Å²) in [6.45, 7) is 2.70. The Morgan fingerprint density at radius 2 is 2.18 bits per heavy atom. The maximum atomic E-state index is 12.9. The maximum Gasteiger partial charge on any atom is 0.124 e. The van der Waals surface area contributed by atoms with Crippen LogP contribution >= 0.6 is 11.3 Å². The van der Waals surface area contributed by atoms with Crippen molar-refractivity contribution in [2.45, 2.75) is 13.5 Å². The van der Waals surface area contributed by atoms with E-state index in [0.717, 1.165) is 0 Å². The van der Waals surface area contributed by atoms with E-state index in [1.54, 1.807) is 17.4 Å². The van der Waals surface area contributed by atoms with Crippen LogP contribution in [0.2, 0.25) is 0 Å². The van der Waals surface area contributed by atoms with Crippen molar-refractivity contribution >= 4 is 17.0 Å². The molecule has 2 nitrogen and oxygen atoms in total. The lowest BCUT2D eigenvalue weighted by Gasteiger charge is -2.06. The summed E-state index contributed by atoms with van der Waals surface area (Å²) in [6, 6.07) is 10.3. The van der Waals surface area contributed by atoms with Gasteiger partial charge in [0.25, 0.3) is 0 Å². The first-order chi connectivity index (χ1) is 8.19. The van der Waals surface area contributed by atoms with Crippen molar-refractivity contribution in [2.75, 3.05) is 5.32 Å². The summed E-state index contributed by atoms with van der Waals surface area (Å²) in [6.07, 6.45) is 0. The second-order valence-electron chi connectivity index (χ2n) is 3.67. The largest absolute Gasteiger partial charge is 0.379 e. The summed E-state index contributed by atoms with van der Waals surface area (Å²) < 4.78 is 12.9. The third-order valence-corrected chi connectivity index (χ3v) is 3.35. The molecule has 0 aliphatic heterocycles. The maximum absolute atomic E-state index is 12.9. The Bertz CT molecular complexity index is 569. The van der Waals surface area contributed by atoms with Crippen LogP contribution in [0.15, 0.2) is 30.3 Å². The highest BCUT2D eigenvalue weighted by atomic mass is 32.1. The first kappa shape index (κ1) is 11.6. The summed E-state index contributed by atoms with van der Waals surface area (Å²) in [5, 5.41) is 12.0. The molecule has 1 N–H and O–H groups in total. The van der Waals surface area contributed by atoms with Crippen molar-refractivity contribution in [3.63, 3.8) is 0 Å². The number of nitrogens with one attached hydrogen (secondary N) is 1. The zero-order valence-electron chi connectivity index (χ0n) is 9.33. The fourth-order valence-electron chi connectivity index (χ4n) is 1.53. The van der Waals surface area contributed by atoms with Gasteiger partial charge in [-0.2, -0.15) is 5.26 Å². The van der Waals surface area contributed by atoms with E-state index in [-0.39, 0.29) is 5.82 Å². The zero-order valence-corrected chi connectivity index (χ0v) is 10.1. The van der Waals surface area contributed by atoms with Gasteiger partial charge in [-0.05, 0) is 37.3 Å². The second kappa shape index (κ2) is 4.98. The number of thiophene rings is 1. The van der Waals surface area contributed by atoms with Crippen LogP contribution in [0.1, 0.15) is 15.3 Å². The van der Waals surface area contributed by atoms with Gasteiger partial charge in [0.2, 0.25) is 0 Å². The minimum Gasteiger partial charge on any atom is -0.379 e. The molecule has 0 radical (unpaired) electrons. The summed E-state index contributed by atoms with van der Waals surface area (Å²) in [5.74, 6) is -0.390. The number of rotatable bonds is 3. The number of benzene rings is 1. The summed E-state index contributed by atoms with van der Waals surface area (Å²) in [5.41, 5.74) is 0.998. The Balaban J connectivity index is 2.12. The molecule has 0 unspecified atom stereocenters. The normalized spacial score (nSPS) is 9.94. The summed E-state index contributed by atoms with van der Waals surface area (Å²) in [4.78, 5) is 2.44. The second-order valence-corrected chi connectivity index (χ2v) is 5.04. The highest BCUT2D eigenvalue weighted by molar-refractivity contribution is 7.11. The van der Waals surface area contributed by atoms with Crippen molar-refractivity contribution in [1.29, 1.82) is 5.26 Å². The summed E-state index contributed by atoms with van der Waals surface area (Å²) in [7, 11) is 0. The number of aryl methyl sites for hydroxylation is 1. The fourth-order valence-corrected chi connectivity index (χ4v) is 2.36. The molecule has 1 aromatic carbocycles. The van der Waals surface area contributed by atoms with Crippen LogP contribution < -0.4 is 5.32 Å². The number of nitrogens with zero attached hydrogens (tertiary/aromatic N) is 1. The zero-order chi connectivity index (χ0) is 12.3. The van der Waals surface area contributed by atoms with Crippen LogP contribution in [0, 0.1) is 24.1 Å². The number of hydrogen-bond donors (Lipinski definition) is 1. The minimum atomic E-state index is -0.390. The van der Waals surface area contributed by atoms with Crippen LogP contribution in [0.3, 0.4) is 0 Å². The molecule has 1 heterocycles. The topological polar surface area (TPSA) is 35.8 Å². The third-order valence-electron chi connectivity index (χ3n) is 2.35. The SMILES string of the molecule is Cc1ccc(CNc2ccc(F)cc2C#N)s1. The molecule has 0 amide bonds. The molecule has 0 spiro atoms. The average Bonchev–Trinajstić information content (AvgIpc) is 2.73. The van der Waals surface area contributed by atoms with Gasteiger partial charge in [0, 0.05) is 16.3 Å². The highest BCUT2D eigenvalue weighted by Crippen LogP contribution is 2.20. The molecule has 0 saturated heterocycles. The number of halogens is 1. The fraction of sp³-hybridized carbons (Fsp3) is 0.154. The minimum absolute atomic E-state index is 0.332. The van der Waals surface area contributed by atoms with Gasteiger partial charge in [0.1, 0.15) is 11.9 Å². The summed E-state index contributed by atoms with van der Waals surface area (Å²) >= 11 is 1.70. The Morgan fingerprint density at radius 3 is 2.82 bits per heavy atom. The Labute approximate surface area is 103 Å². The monoisotopic (exact) mass is 246 g/mol. The van der Waals surface area contributed by atoms with Crippen molar-refractivity contribution in [3.05, 3.63) is 51.5 Å². The lowest BCUT2D eigenvalue weighted by molar-refractivity contribution is 0.627. The first-order valence-electron chi connectivity index (χ1n) is 5.18. The van der Waals surface area contributed by atoms with Gasteiger partial charge in [-0.1, -0.05) is 0 Å².